The zero-order chi connectivity index (χ0) is 13.1. The number of nitrogens with one attached hydrogen (secondary N) is 2. The molecule has 1 amide bonds. The van der Waals surface area contributed by atoms with Gasteiger partial charge in [-0.1, -0.05) is 6.92 Å². The van der Waals surface area contributed by atoms with E-state index in [1.54, 1.807) is 12.1 Å². The Bertz CT molecular complexity index is 558. The molecular formula is C13H17N3O2. The van der Waals surface area contributed by atoms with E-state index in [1.807, 2.05) is 19.1 Å². The van der Waals surface area contributed by atoms with Gasteiger partial charge >= 0.3 is 0 Å². The maximum atomic E-state index is 11.9. The third-order valence-corrected chi connectivity index (χ3v) is 2.94. The lowest BCUT2D eigenvalue weighted by Gasteiger charge is -2.12. The van der Waals surface area contributed by atoms with E-state index < -0.39 is 0 Å². The second-order valence-electron chi connectivity index (χ2n) is 4.29. The molecule has 0 bridgehead atoms. The highest BCUT2D eigenvalue weighted by Gasteiger charge is 2.13. The number of carbonyl (C=O) groups excluding carboxylic acids is 1. The van der Waals surface area contributed by atoms with Crippen LogP contribution in [0.3, 0.4) is 0 Å². The largest absolute Gasteiger partial charge is 0.399 e. The summed E-state index contributed by atoms with van der Waals surface area (Å²) in [5.41, 5.74) is 7.69. The molecule has 1 aromatic carbocycles. The van der Waals surface area contributed by atoms with Crippen LogP contribution in [0.15, 0.2) is 24.3 Å². The van der Waals surface area contributed by atoms with Crippen LogP contribution in [0.5, 0.6) is 0 Å². The van der Waals surface area contributed by atoms with Crippen LogP contribution in [0.2, 0.25) is 0 Å². The van der Waals surface area contributed by atoms with Crippen molar-refractivity contribution < 1.29 is 9.90 Å². The van der Waals surface area contributed by atoms with Crippen molar-refractivity contribution in [1.82, 2.24) is 10.3 Å². The van der Waals surface area contributed by atoms with E-state index in [9.17, 15) is 4.79 Å². The summed E-state index contributed by atoms with van der Waals surface area (Å²) < 4.78 is 0. The molecule has 1 atom stereocenters. The van der Waals surface area contributed by atoms with Gasteiger partial charge in [0.25, 0.3) is 5.91 Å². The number of aliphatic hydroxyl groups is 1. The SMILES string of the molecule is CCC(CO)NC(=O)c1cc2cc(N)ccc2[nH]1. The van der Waals surface area contributed by atoms with Gasteiger partial charge in [-0.25, -0.2) is 0 Å². The second-order valence-corrected chi connectivity index (χ2v) is 4.29. The van der Waals surface area contributed by atoms with Gasteiger partial charge in [0.1, 0.15) is 5.69 Å². The normalized spacial score (nSPS) is 12.6. The molecule has 0 aliphatic carbocycles. The molecule has 18 heavy (non-hydrogen) atoms. The van der Waals surface area contributed by atoms with Gasteiger partial charge in [-0.3, -0.25) is 4.79 Å². The summed E-state index contributed by atoms with van der Waals surface area (Å²) >= 11 is 0. The molecule has 0 spiro atoms. The summed E-state index contributed by atoms with van der Waals surface area (Å²) in [6.07, 6.45) is 0.690. The van der Waals surface area contributed by atoms with Crippen LogP contribution in [0, 0.1) is 0 Å². The summed E-state index contributed by atoms with van der Waals surface area (Å²) in [7, 11) is 0. The van der Waals surface area contributed by atoms with Gasteiger partial charge in [-0.15, -0.1) is 0 Å². The van der Waals surface area contributed by atoms with E-state index in [0.29, 0.717) is 17.8 Å². The Kier molecular flexibility index (Phi) is 3.53. The van der Waals surface area contributed by atoms with Crippen LogP contribution in [0.4, 0.5) is 5.69 Å². The average Bonchev–Trinajstić information content (AvgIpc) is 2.78. The highest BCUT2D eigenvalue weighted by Crippen LogP contribution is 2.18. The van der Waals surface area contributed by atoms with E-state index in [2.05, 4.69) is 10.3 Å². The highest BCUT2D eigenvalue weighted by atomic mass is 16.3. The first-order valence-corrected chi connectivity index (χ1v) is 5.94. The summed E-state index contributed by atoms with van der Waals surface area (Å²) in [4.78, 5) is 15.0. The van der Waals surface area contributed by atoms with Gasteiger partial charge in [0.2, 0.25) is 0 Å². The fraction of sp³-hybridized carbons (Fsp3) is 0.308. The molecule has 96 valence electrons. The number of carbonyl (C=O) groups is 1. The molecule has 1 heterocycles. The number of hydrogen-bond donors (Lipinski definition) is 4. The molecule has 0 saturated carbocycles. The number of fused-ring (bicyclic) bond motifs is 1. The number of nitrogen functional groups attached to an aromatic ring is 1. The molecule has 0 fully saturated rings. The quantitative estimate of drug-likeness (QED) is 0.613. The average molecular weight is 247 g/mol. The van der Waals surface area contributed by atoms with Crippen molar-refractivity contribution in [2.24, 2.45) is 0 Å². The van der Waals surface area contributed by atoms with Gasteiger partial charge in [-0.2, -0.15) is 0 Å². The number of aromatic nitrogens is 1. The zero-order valence-corrected chi connectivity index (χ0v) is 10.2. The number of amides is 1. The Morgan fingerprint density at radius 2 is 2.28 bits per heavy atom. The van der Waals surface area contributed by atoms with Gasteiger partial charge in [0.05, 0.1) is 12.6 Å². The number of rotatable bonds is 4. The maximum absolute atomic E-state index is 11.9. The number of aromatic amines is 1. The molecule has 0 saturated heterocycles. The van der Waals surface area contributed by atoms with Gasteiger partial charge in [0, 0.05) is 16.6 Å². The van der Waals surface area contributed by atoms with Crippen molar-refractivity contribution in [3.05, 3.63) is 30.0 Å². The van der Waals surface area contributed by atoms with Gasteiger partial charge in [-0.05, 0) is 30.7 Å². The predicted octanol–water partition coefficient (Wildman–Crippen LogP) is 1.25. The molecule has 0 aliphatic rings. The number of aliphatic hydroxyl groups excluding tert-OH is 1. The number of H-pyrrole nitrogens is 1. The van der Waals surface area contributed by atoms with Gasteiger partial charge < -0.3 is 21.1 Å². The molecule has 0 aliphatic heterocycles. The standard InChI is InChI=1S/C13H17N3O2/c1-2-10(7-17)15-13(18)12-6-8-5-9(14)3-4-11(8)16-12/h3-6,10,16-17H,2,7,14H2,1H3,(H,15,18). The van der Waals surface area contributed by atoms with Crippen LogP contribution in [-0.4, -0.2) is 28.6 Å². The third-order valence-electron chi connectivity index (χ3n) is 2.94. The lowest BCUT2D eigenvalue weighted by Crippen LogP contribution is -2.37. The summed E-state index contributed by atoms with van der Waals surface area (Å²) in [5, 5.41) is 12.7. The van der Waals surface area contributed by atoms with Crippen molar-refractivity contribution in [1.29, 1.82) is 0 Å². The minimum absolute atomic E-state index is 0.0601. The topological polar surface area (TPSA) is 91.1 Å². The molecular weight excluding hydrogens is 230 g/mol. The molecule has 5 N–H and O–H groups in total. The van der Waals surface area contributed by atoms with Crippen LogP contribution in [-0.2, 0) is 0 Å². The molecule has 1 unspecified atom stereocenters. The number of hydrogen-bond acceptors (Lipinski definition) is 3. The summed E-state index contributed by atoms with van der Waals surface area (Å²) in [6.45, 7) is 1.85. The number of nitrogens with two attached hydrogens (primary N) is 1. The lowest BCUT2D eigenvalue weighted by molar-refractivity contribution is 0.0910. The number of anilines is 1. The van der Waals surface area contributed by atoms with E-state index in [-0.39, 0.29) is 18.6 Å². The fourth-order valence-corrected chi connectivity index (χ4v) is 1.81. The first-order chi connectivity index (χ1) is 8.63. The van der Waals surface area contributed by atoms with Crippen LogP contribution in [0.1, 0.15) is 23.8 Å². The van der Waals surface area contributed by atoms with Crippen molar-refractivity contribution >= 4 is 22.5 Å². The van der Waals surface area contributed by atoms with Crippen LogP contribution in [0.25, 0.3) is 10.9 Å². The molecule has 2 aromatic rings. The Morgan fingerprint density at radius 1 is 1.50 bits per heavy atom. The summed E-state index contributed by atoms with van der Waals surface area (Å²) in [6, 6.07) is 6.97. The second kappa shape index (κ2) is 5.10. The Balaban J connectivity index is 2.23. The van der Waals surface area contributed by atoms with Crippen molar-refractivity contribution in [3.63, 3.8) is 0 Å². The minimum Gasteiger partial charge on any atom is -0.399 e. The van der Waals surface area contributed by atoms with Crippen LogP contribution < -0.4 is 11.1 Å². The fourth-order valence-electron chi connectivity index (χ4n) is 1.81. The predicted molar refractivity (Wildman–Crippen MR) is 71.3 cm³/mol. The van der Waals surface area contributed by atoms with E-state index in [1.165, 1.54) is 0 Å². The van der Waals surface area contributed by atoms with E-state index in [0.717, 1.165) is 10.9 Å². The zero-order valence-electron chi connectivity index (χ0n) is 10.2. The van der Waals surface area contributed by atoms with Crippen molar-refractivity contribution in [2.75, 3.05) is 12.3 Å². The smallest absolute Gasteiger partial charge is 0.268 e. The lowest BCUT2D eigenvalue weighted by atomic mass is 10.2. The monoisotopic (exact) mass is 247 g/mol. The van der Waals surface area contributed by atoms with Crippen molar-refractivity contribution in [3.8, 4) is 0 Å². The Morgan fingerprint density at radius 3 is 2.94 bits per heavy atom. The van der Waals surface area contributed by atoms with E-state index in [4.69, 9.17) is 10.8 Å². The van der Waals surface area contributed by atoms with E-state index >= 15 is 0 Å². The first-order valence-electron chi connectivity index (χ1n) is 5.94. The summed E-state index contributed by atoms with van der Waals surface area (Å²) in [5.74, 6) is -0.217. The third kappa shape index (κ3) is 2.46. The number of benzene rings is 1. The Hall–Kier alpha value is -2.01. The van der Waals surface area contributed by atoms with Gasteiger partial charge in [0.15, 0.2) is 0 Å². The molecule has 2 rings (SSSR count). The molecule has 1 aromatic heterocycles. The van der Waals surface area contributed by atoms with Crippen molar-refractivity contribution in [2.45, 2.75) is 19.4 Å². The Labute approximate surface area is 105 Å². The van der Waals surface area contributed by atoms with Crippen LogP contribution >= 0.6 is 0 Å². The molecule has 5 nitrogen and oxygen atoms in total. The molecule has 5 heteroatoms. The maximum Gasteiger partial charge on any atom is 0.268 e. The molecule has 0 radical (unpaired) electrons. The minimum atomic E-state index is -0.217. The first kappa shape index (κ1) is 12.4. The highest BCUT2D eigenvalue weighted by molar-refractivity contribution is 5.98.